The molecule has 1 amide bonds. The van der Waals surface area contributed by atoms with Crippen LogP contribution in [-0.2, 0) is 21.2 Å². The van der Waals surface area contributed by atoms with Gasteiger partial charge < -0.3 is 19.0 Å². The van der Waals surface area contributed by atoms with E-state index in [4.69, 9.17) is 9.15 Å². The first-order valence-electron chi connectivity index (χ1n) is 9.32. The van der Waals surface area contributed by atoms with Crippen LogP contribution in [0.25, 0.3) is 11.0 Å². The third kappa shape index (κ3) is 3.61. The lowest BCUT2D eigenvalue weighted by molar-refractivity contribution is -0.925. The Labute approximate surface area is 158 Å². The van der Waals surface area contributed by atoms with Gasteiger partial charge in [-0.3, -0.25) is 4.79 Å². The van der Waals surface area contributed by atoms with Crippen LogP contribution in [0.1, 0.15) is 22.5 Å². The molecule has 1 atom stereocenters. The summed E-state index contributed by atoms with van der Waals surface area (Å²) < 4.78 is 34.6. The van der Waals surface area contributed by atoms with Gasteiger partial charge in [-0.2, -0.15) is 0 Å². The molecule has 2 aromatic rings. The van der Waals surface area contributed by atoms with Crippen molar-refractivity contribution in [1.82, 2.24) is 4.90 Å². The Bertz CT molecular complexity index is 944. The fraction of sp³-hybridized carbons (Fsp3) is 0.526. The van der Waals surface area contributed by atoms with Crippen molar-refractivity contribution >= 4 is 26.7 Å². The molecule has 0 bridgehead atoms. The summed E-state index contributed by atoms with van der Waals surface area (Å²) in [5.74, 6) is 0.808. The monoisotopic (exact) mass is 393 g/mol. The van der Waals surface area contributed by atoms with Crippen LogP contribution in [0.3, 0.4) is 0 Å². The molecule has 3 heterocycles. The van der Waals surface area contributed by atoms with Gasteiger partial charge in [-0.1, -0.05) is 18.2 Å². The molecule has 1 aromatic heterocycles. The van der Waals surface area contributed by atoms with E-state index in [9.17, 15) is 13.2 Å². The maximum absolute atomic E-state index is 13.1. The van der Waals surface area contributed by atoms with Crippen LogP contribution in [-0.4, -0.2) is 70.1 Å². The summed E-state index contributed by atoms with van der Waals surface area (Å²) in [6.45, 7) is 3.07. The predicted molar refractivity (Wildman–Crippen MR) is 101 cm³/mol. The van der Waals surface area contributed by atoms with E-state index in [1.807, 2.05) is 29.2 Å². The SMILES string of the molecule is COCc1c(C(=O)N2CC[NH+]([C@@H]3CCS(=O)(=O)C3)CC2)oc2ccccc12. The number of para-hydroxylation sites is 1. The van der Waals surface area contributed by atoms with Crippen molar-refractivity contribution in [2.24, 2.45) is 0 Å². The van der Waals surface area contributed by atoms with Crippen molar-refractivity contribution in [2.45, 2.75) is 19.1 Å². The van der Waals surface area contributed by atoms with Gasteiger partial charge in [0.05, 0.1) is 38.5 Å². The molecule has 2 fully saturated rings. The number of carbonyl (C=O) groups excluding carboxylic acids is 1. The maximum Gasteiger partial charge on any atom is 0.290 e. The average Bonchev–Trinajstić information content (AvgIpc) is 3.22. The lowest BCUT2D eigenvalue weighted by atomic mass is 10.1. The number of hydrogen-bond donors (Lipinski definition) is 1. The minimum atomic E-state index is -2.87. The van der Waals surface area contributed by atoms with E-state index < -0.39 is 9.84 Å². The van der Waals surface area contributed by atoms with Crippen LogP contribution in [0, 0.1) is 0 Å². The number of nitrogens with one attached hydrogen (secondary N) is 1. The van der Waals surface area contributed by atoms with Crippen molar-refractivity contribution in [3.8, 4) is 0 Å². The number of methoxy groups -OCH3 is 1. The summed E-state index contributed by atoms with van der Waals surface area (Å²) in [6.07, 6.45) is 0.729. The molecule has 0 radical (unpaired) electrons. The van der Waals surface area contributed by atoms with E-state index in [2.05, 4.69) is 0 Å². The summed E-state index contributed by atoms with van der Waals surface area (Å²) in [5.41, 5.74) is 1.48. The highest BCUT2D eigenvalue weighted by Crippen LogP contribution is 2.27. The number of benzene rings is 1. The Balaban J connectivity index is 1.48. The first-order valence-corrected chi connectivity index (χ1v) is 11.1. The van der Waals surface area contributed by atoms with Gasteiger partial charge in [0.15, 0.2) is 15.6 Å². The van der Waals surface area contributed by atoms with Crippen LogP contribution in [0.4, 0.5) is 0 Å². The Morgan fingerprint density at radius 1 is 1.30 bits per heavy atom. The molecule has 7 nitrogen and oxygen atoms in total. The minimum absolute atomic E-state index is 0.114. The molecule has 27 heavy (non-hydrogen) atoms. The van der Waals surface area contributed by atoms with Gasteiger partial charge in [0, 0.05) is 24.5 Å². The number of sulfone groups is 1. The normalized spacial score (nSPS) is 23.1. The molecule has 0 saturated carbocycles. The Kier molecular flexibility index (Phi) is 4.96. The zero-order valence-corrected chi connectivity index (χ0v) is 16.3. The number of quaternary nitrogens is 1. The summed E-state index contributed by atoms with van der Waals surface area (Å²) in [5, 5.41) is 0.906. The van der Waals surface area contributed by atoms with Crippen molar-refractivity contribution < 1.29 is 27.3 Å². The van der Waals surface area contributed by atoms with Crippen LogP contribution in [0.15, 0.2) is 28.7 Å². The van der Waals surface area contributed by atoms with Crippen LogP contribution in [0.5, 0.6) is 0 Å². The molecule has 2 saturated heterocycles. The molecule has 1 N–H and O–H groups in total. The molecule has 4 rings (SSSR count). The number of amides is 1. The zero-order valence-electron chi connectivity index (χ0n) is 15.4. The summed E-state index contributed by atoms with van der Waals surface area (Å²) in [4.78, 5) is 16.2. The summed E-state index contributed by atoms with van der Waals surface area (Å²) in [7, 11) is -1.27. The number of nitrogens with zero attached hydrogens (tertiary/aromatic N) is 1. The van der Waals surface area contributed by atoms with Gasteiger partial charge in [0.25, 0.3) is 5.91 Å². The van der Waals surface area contributed by atoms with Crippen molar-refractivity contribution in [2.75, 3.05) is 44.8 Å². The van der Waals surface area contributed by atoms with Crippen LogP contribution >= 0.6 is 0 Å². The molecular weight excluding hydrogens is 368 g/mol. The number of rotatable bonds is 4. The largest absolute Gasteiger partial charge is 0.451 e. The number of carbonyl (C=O) groups is 1. The van der Waals surface area contributed by atoms with E-state index in [0.29, 0.717) is 36.8 Å². The van der Waals surface area contributed by atoms with Crippen molar-refractivity contribution in [1.29, 1.82) is 0 Å². The van der Waals surface area contributed by atoms with Gasteiger partial charge in [-0.15, -0.1) is 0 Å². The number of hydrogen-bond acceptors (Lipinski definition) is 5. The Morgan fingerprint density at radius 2 is 2.04 bits per heavy atom. The molecular formula is C19H25N2O5S+. The molecule has 1 aromatic carbocycles. The second-order valence-corrected chi connectivity index (χ2v) is 9.62. The van der Waals surface area contributed by atoms with Crippen LogP contribution in [0.2, 0.25) is 0 Å². The van der Waals surface area contributed by atoms with Gasteiger partial charge in [-0.05, 0) is 6.07 Å². The molecule has 0 unspecified atom stereocenters. The lowest BCUT2D eigenvalue weighted by Crippen LogP contribution is -3.18. The van der Waals surface area contributed by atoms with Crippen molar-refractivity contribution in [3.05, 3.63) is 35.6 Å². The van der Waals surface area contributed by atoms with E-state index >= 15 is 0 Å². The maximum atomic E-state index is 13.1. The van der Waals surface area contributed by atoms with E-state index in [1.165, 1.54) is 4.90 Å². The number of furan rings is 1. The topological polar surface area (TPSA) is 81.3 Å². The highest BCUT2D eigenvalue weighted by Gasteiger charge is 2.38. The first kappa shape index (κ1) is 18.5. The van der Waals surface area contributed by atoms with Crippen LogP contribution < -0.4 is 4.90 Å². The smallest absolute Gasteiger partial charge is 0.290 e. The van der Waals surface area contributed by atoms with E-state index in [1.54, 1.807) is 7.11 Å². The zero-order chi connectivity index (χ0) is 19.0. The molecule has 0 spiro atoms. The third-order valence-electron chi connectivity index (χ3n) is 5.68. The molecule has 2 aliphatic rings. The van der Waals surface area contributed by atoms with E-state index in [0.717, 1.165) is 30.5 Å². The molecule has 8 heteroatoms. The summed E-state index contributed by atoms with van der Waals surface area (Å²) >= 11 is 0. The van der Waals surface area contributed by atoms with Gasteiger partial charge >= 0.3 is 0 Å². The standard InChI is InChI=1S/C19H24N2O5S/c1-25-12-16-15-4-2-3-5-17(15)26-18(16)19(22)21-9-7-20(8-10-21)14-6-11-27(23,24)13-14/h2-5,14H,6-13H2,1H3/p+1/t14-/m1/s1. The fourth-order valence-electron chi connectivity index (χ4n) is 4.23. The van der Waals surface area contributed by atoms with E-state index in [-0.39, 0.29) is 17.7 Å². The van der Waals surface area contributed by atoms with Crippen molar-refractivity contribution in [3.63, 3.8) is 0 Å². The Morgan fingerprint density at radius 3 is 2.70 bits per heavy atom. The number of ether oxygens (including phenoxy) is 1. The Hall–Kier alpha value is -1.90. The highest BCUT2D eigenvalue weighted by molar-refractivity contribution is 7.91. The van der Waals surface area contributed by atoms with Gasteiger partial charge in [0.2, 0.25) is 0 Å². The third-order valence-corrected chi connectivity index (χ3v) is 7.45. The molecule has 0 aliphatic carbocycles. The fourth-order valence-corrected chi connectivity index (χ4v) is 6.05. The predicted octanol–water partition coefficient (Wildman–Crippen LogP) is 0.107. The molecule has 2 aliphatic heterocycles. The number of piperazine rings is 1. The minimum Gasteiger partial charge on any atom is -0.451 e. The average molecular weight is 393 g/mol. The molecule has 146 valence electrons. The second kappa shape index (κ2) is 7.26. The van der Waals surface area contributed by atoms with Gasteiger partial charge in [0.1, 0.15) is 17.4 Å². The quantitative estimate of drug-likeness (QED) is 0.797. The highest BCUT2D eigenvalue weighted by atomic mass is 32.2. The van der Waals surface area contributed by atoms with Gasteiger partial charge in [-0.25, -0.2) is 8.42 Å². The number of fused-ring (bicyclic) bond motifs is 1. The lowest BCUT2D eigenvalue weighted by Gasteiger charge is -2.34. The summed E-state index contributed by atoms with van der Waals surface area (Å²) in [6, 6.07) is 7.76. The second-order valence-electron chi connectivity index (χ2n) is 7.39. The first-order chi connectivity index (χ1) is 13.0.